The van der Waals surface area contributed by atoms with Gasteiger partial charge in [0.15, 0.2) is 0 Å². The molecule has 0 aliphatic carbocycles. The summed E-state index contributed by atoms with van der Waals surface area (Å²) in [5, 5.41) is 7.27. The smallest absolute Gasteiger partial charge is 0.131 e. The molecule has 0 aliphatic rings. The van der Waals surface area contributed by atoms with E-state index >= 15 is 0 Å². The zero-order chi connectivity index (χ0) is 14.2. The average Bonchev–Trinajstić information content (AvgIpc) is 2.59. The summed E-state index contributed by atoms with van der Waals surface area (Å²) in [6.07, 6.45) is 0. The van der Waals surface area contributed by atoms with Crippen LogP contribution in [0.15, 0.2) is 18.2 Å². The summed E-state index contributed by atoms with van der Waals surface area (Å²) in [4.78, 5) is 0. The molecule has 0 aliphatic heterocycles. The van der Waals surface area contributed by atoms with Crippen LogP contribution in [0.2, 0.25) is 0 Å². The van der Waals surface area contributed by atoms with Crippen LogP contribution in [-0.2, 0) is 7.05 Å². The molecule has 0 fully saturated rings. The van der Waals surface area contributed by atoms with Crippen LogP contribution >= 0.6 is 0 Å². The van der Waals surface area contributed by atoms with Crippen molar-refractivity contribution in [3.8, 4) is 0 Å². The molecule has 0 amide bonds. The fourth-order valence-corrected chi connectivity index (χ4v) is 2.43. The lowest BCUT2D eigenvalue weighted by Gasteiger charge is -2.19. The Morgan fingerprint density at radius 1 is 1.16 bits per heavy atom. The van der Waals surface area contributed by atoms with Crippen LogP contribution < -0.4 is 5.32 Å². The molecule has 19 heavy (non-hydrogen) atoms. The molecule has 1 heterocycles. The van der Waals surface area contributed by atoms with E-state index in [0.717, 1.165) is 17.0 Å². The Balaban J connectivity index is 2.63. The maximum Gasteiger partial charge on any atom is 0.131 e. The van der Waals surface area contributed by atoms with Crippen molar-refractivity contribution in [1.82, 2.24) is 15.1 Å². The van der Waals surface area contributed by atoms with Gasteiger partial charge in [-0.05, 0) is 33.0 Å². The molecule has 1 atom stereocenters. The first-order valence-electron chi connectivity index (χ1n) is 6.08. The van der Waals surface area contributed by atoms with Crippen molar-refractivity contribution in [2.24, 2.45) is 7.05 Å². The maximum atomic E-state index is 13.9. The fourth-order valence-electron chi connectivity index (χ4n) is 2.43. The third-order valence-corrected chi connectivity index (χ3v) is 3.43. The Morgan fingerprint density at radius 3 is 2.16 bits per heavy atom. The average molecular weight is 265 g/mol. The highest BCUT2D eigenvalue weighted by Gasteiger charge is 2.25. The van der Waals surface area contributed by atoms with Gasteiger partial charge in [0.2, 0.25) is 0 Å². The zero-order valence-corrected chi connectivity index (χ0v) is 11.5. The summed E-state index contributed by atoms with van der Waals surface area (Å²) < 4.78 is 29.6. The van der Waals surface area contributed by atoms with Crippen molar-refractivity contribution in [2.45, 2.75) is 19.9 Å². The molecule has 0 saturated carbocycles. The number of hydrogen-bond acceptors (Lipinski definition) is 2. The summed E-state index contributed by atoms with van der Waals surface area (Å²) in [5.74, 6) is -1.11. The lowest BCUT2D eigenvalue weighted by Crippen LogP contribution is -2.21. The zero-order valence-electron chi connectivity index (χ0n) is 11.5. The molecule has 0 spiro atoms. The molecule has 0 radical (unpaired) electrons. The van der Waals surface area contributed by atoms with Crippen LogP contribution in [0.3, 0.4) is 0 Å². The monoisotopic (exact) mass is 265 g/mol. The second kappa shape index (κ2) is 5.09. The van der Waals surface area contributed by atoms with E-state index in [0.29, 0.717) is 0 Å². The van der Waals surface area contributed by atoms with Gasteiger partial charge in [-0.1, -0.05) is 6.07 Å². The van der Waals surface area contributed by atoms with E-state index in [2.05, 4.69) is 10.4 Å². The third kappa shape index (κ3) is 2.26. The van der Waals surface area contributed by atoms with Crippen LogP contribution in [0.1, 0.15) is 28.6 Å². The normalized spacial score (nSPS) is 12.7. The molecule has 1 unspecified atom stereocenters. The van der Waals surface area contributed by atoms with Crippen LogP contribution in [0, 0.1) is 25.5 Å². The number of nitrogens with one attached hydrogen (secondary N) is 1. The molecule has 1 N–H and O–H groups in total. The van der Waals surface area contributed by atoms with Gasteiger partial charge in [0.25, 0.3) is 0 Å². The Hall–Kier alpha value is -1.75. The maximum absolute atomic E-state index is 13.9. The van der Waals surface area contributed by atoms with Gasteiger partial charge in [-0.15, -0.1) is 0 Å². The van der Waals surface area contributed by atoms with Gasteiger partial charge in [0.05, 0.1) is 11.7 Å². The molecular formula is C14H17F2N3. The van der Waals surface area contributed by atoms with Gasteiger partial charge in [-0.25, -0.2) is 8.78 Å². The summed E-state index contributed by atoms with van der Waals surface area (Å²) in [6.45, 7) is 3.73. The minimum absolute atomic E-state index is 0.0317. The van der Waals surface area contributed by atoms with E-state index in [1.165, 1.54) is 18.2 Å². The van der Waals surface area contributed by atoms with E-state index in [-0.39, 0.29) is 5.56 Å². The standard InChI is InChI=1S/C14H17F2N3/c1-8-12(9(2)19(4)18-8)14(17-3)13-10(15)6-5-7-11(13)16/h5-7,14,17H,1-4H3. The van der Waals surface area contributed by atoms with Gasteiger partial charge in [0.1, 0.15) is 11.6 Å². The van der Waals surface area contributed by atoms with E-state index < -0.39 is 17.7 Å². The molecule has 3 nitrogen and oxygen atoms in total. The second-order valence-electron chi connectivity index (χ2n) is 4.57. The lowest BCUT2D eigenvalue weighted by atomic mass is 9.96. The van der Waals surface area contributed by atoms with Crippen LogP contribution in [0.5, 0.6) is 0 Å². The van der Waals surface area contributed by atoms with Crippen molar-refractivity contribution in [2.75, 3.05) is 7.05 Å². The summed E-state index contributed by atoms with van der Waals surface area (Å²) in [6, 6.07) is 3.35. The molecule has 5 heteroatoms. The van der Waals surface area contributed by atoms with Gasteiger partial charge in [-0.3, -0.25) is 4.68 Å². The minimum Gasteiger partial charge on any atom is -0.309 e. The molecule has 2 rings (SSSR count). The van der Waals surface area contributed by atoms with Crippen molar-refractivity contribution in [3.05, 3.63) is 52.3 Å². The number of halogens is 2. The SMILES string of the molecule is CNC(c1c(F)cccc1F)c1c(C)nn(C)c1C. The van der Waals surface area contributed by atoms with Gasteiger partial charge >= 0.3 is 0 Å². The Labute approximate surface area is 111 Å². The number of benzene rings is 1. The first kappa shape index (κ1) is 13.7. The first-order valence-corrected chi connectivity index (χ1v) is 6.08. The third-order valence-electron chi connectivity index (χ3n) is 3.43. The predicted octanol–water partition coefficient (Wildman–Crippen LogP) is 2.62. The lowest BCUT2D eigenvalue weighted by molar-refractivity contribution is 0.520. The summed E-state index contributed by atoms with van der Waals surface area (Å²) in [5.41, 5.74) is 2.50. The highest BCUT2D eigenvalue weighted by molar-refractivity contribution is 5.38. The van der Waals surface area contributed by atoms with E-state index in [4.69, 9.17) is 0 Å². The number of rotatable bonds is 3. The second-order valence-corrected chi connectivity index (χ2v) is 4.57. The molecule has 1 aromatic carbocycles. The first-order chi connectivity index (χ1) is 8.97. The Morgan fingerprint density at radius 2 is 1.74 bits per heavy atom. The van der Waals surface area contributed by atoms with E-state index in [1.54, 1.807) is 11.7 Å². The number of aromatic nitrogens is 2. The molecule has 0 bridgehead atoms. The molecule has 2 aromatic rings. The van der Waals surface area contributed by atoms with Crippen LogP contribution in [-0.4, -0.2) is 16.8 Å². The van der Waals surface area contributed by atoms with Gasteiger partial charge < -0.3 is 5.32 Å². The van der Waals surface area contributed by atoms with E-state index in [1.807, 2.05) is 20.9 Å². The van der Waals surface area contributed by atoms with Crippen LogP contribution in [0.25, 0.3) is 0 Å². The van der Waals surface area contributed by atoms with E-state index in [9.17, 15) is 8.78 Å². The number of aryl methyl sites for hydroxylation is 2. The van der Waals surface area contributed by atoms with Gasteiger partial charge in [0, 0.05) is 23.9 Å². The van der Waals surface area contributed by atoms with Crippen molar-refractivity contribution < 1.29 is 8.78 Å². The minimum atomic E-state index is -0.554. The highest BCUT2D eigenvalue weighted by Crippen LogP contribution is 2.30. The number of hydrogen-bond donors (Lipinski definition) is 1. The Kier molecular flexibility index (Phi) is 3.66. The molecule has 0 saturated heterocycles. The molecular weight excluding hydrogens is 248 g/mol. The van der Waals surface area contributed by atoms with Crippen molar-refractivity contribution in [1.29, 1.82) is 0 Å². The topological polar surface area (TPSA) is 29.9 Å². The quantitative estimate of drug-likeness (QED) is 0.924. The predicted molar refractivity (Wildman–Crippen MR) is 69.9 cm³/mol. The fraction of sp³-hybridized carbons (Fsp3) is 0.357. The Bertz CT molecular complexity index is 585. The van der Waals surface area contributed by atoms with Crippen LogP contribution in [0.4, 0.5) is 8.78 Å². The molecule has 102 valence electrons. The molecule has 1 aromatic heterocycles. The number of nitrogens with zero attached hydrogens (tertiary/aromatic N) is 2. The largest absolute Gasteiger partial charge is 0.309 e. The summed E-state index contributed by atoms with van der Waals surface area (Å²) in [7, 11) is 3.50. The van der Waals surface area contributed by atoms with Crippen molar-refractivity contribution in [3.63, 3.8) is 0 Å². The van der Waals surface area contributed by atoms with Gasteiger partial charge in [-0.2, -0.15) is 5.10 Å². The summed E-state index contributed by atoms with van der Waals surface area (Å²) >= 11 is 0. The van der Waals surface area contributed by atoms with Crippen molar-refractivity contribution >= 4 is 0 Å². The highest BCUT2D eigenvalue weighted by atomic mass is 19.1.